The van der Waals surface area contributed by atoms with E-state index in [0.29, 0.717) is 6.42 Å². The number of nitrogens with one attached hydrogen (secondary N) is 2. The van der Waals surface area contributed by atoms with Crippen molar-refractivity contribution in [2.45, 2.75) is 32.7 Å². The lowest BCUT2D eigenvalue weighted by Gasteiger charge is -2.19. The van der Waals surface area contributed by atoms with E-state index in [1.165, 1.54) is 5.39 Å². The zero-order chi connectivity index (χ0) is 14.5. The van der Waals surface area contributed by atoms with Gasteiger partial charge in [-0.3, -0.25) is 4.79 Å². The molecule has 0 aliphatic carbocycles. The Morgan fingerprint density at radius 2 is 2.15 bits per heavy atom. The predicted octanol–water partition coefficient (Wildman–Crippen LogP) is 2.23. The summed E-state index contributed by atoms with van der Waals surface area (Å²) in [5, 5.41) is 13.2. The third-order valence-corrected chi connectivity index (χ3v) is 3.79. The molecule has 2 atom stereocenters. The van der Waals surface area contributed by atoms with Gasteiger partial charge in [0, 0.05) is 30.8 Å². The van der Waals surface area contributed by atoms with E-state index >= 15 is 0 Å². The minimum atomic E-state index is -0.000320. The molecule has 20 heavy (non-hydrogen) atoms. The molecule has 0 aliphatic heterocycles. The molecule has 0 spiro atoms. The van der Waals surface area contributed by atoms with Gasteiger partial charge < -0.3 is 15.4 Å². The topological polar surface area (TPSA) is 65.1 Å². The first-order chi connectivity index (χ1) is 9.60. The molecule has 0 saturated carbocycles. The summed E-state index contributed by atoms with van der Waals surface area (Å²) in [6, 6.07) is 8.23. The maximum Gasteiger partial charge on any atom is 0.220 e. The van der Waals surface area contributed by atoms with Crippen molar-refractivity contribution in [3.8, 4) is 0 Å². The van der Waals surface area contributed by atoms with Crippen LogP contribution in [0.4, 0.5) is 0 Å². The highest BCUT2D eigenvalue weighted by molar-refractivity contribution is 5.80. The van der Waals surface area contributed by atoms with E-state index in [9.17, 15) is 4.79 Å². The summed E-state index contributed by atoms with van der Waals surface area (Å²) < 4.78 is 0. The largest absolute Gasteiger partial charge is 0.396 e. The fourth-order valence-corrected chi connectivity index (χ4v) is 2.14. The highest BCUT2D eigenvalue weighted by Crippen LogP contribution is 2.15. The van der Waals surface area contributed by atoms with E-state index < -0.39 is 0 Å². The Bertz CT molecular complexity index is 577. The molecule has 0 radical (unpaired) electrons. The summed E-state index contributed by atoms with van der Waals surface area (Å²) in [6.07, 6.45) is 3.12. The number of carbonyl (C=O) groups excluding carboxylic acids is 1. The number of benzene rings is 1. The molecule has 108 valence electrons. The van der Waals surface area contributed by atoms with Crippen LogP contribution in [-0.2, 0) is 11.2 Å². The molecular weight excluding hydrogens is 252 g/mol. The third-order valence-electron chi connectivity index (χ3n) is 3.79. The van der Waals surface area contributed by atoms with Crippen molar-refractivity contribution in [2.75, 3.05) is 6.61 Å². The minimum absolute atomic E-state index is 0.000320. The smallest absolute Gasteiger partial charge is 0.220 e. The van der Waals surface area contributed by atoms with Crippen LogP contribution in [0.2, 0.25) is 0 Å². The van der Waals surface area contributed by atoms with E-state index in [1.54, 1.807) is 0 Å². The first-order valence-electron chi connectivity index (χ1n) is 7.06. The summed E-state index contributed by atoms with van der Waals surface area (Å²) in [5.41, 5.74) is 2.28. The second kappa shape index (κ2) is 6.57. The highest BCUT2D eigenvalue weighted by atomic mass is 16.3. The number of hydrogen-bond donors (Lipinski definition) is 3. The van der Waals surface area contributed by atoms with Crippen molar-refractivity contribution >= 4 is 16.8 Å². The van der Waals surface area contributed by atoms with Gasteiger partial charge in [0.05, 0.1) is 0 Å². The fraction of sp³-hybridized carbons (Fsp3) is 0.438. The molecule has 4 heteroatoms. The molecular formula is C16H22N2O2. The number of aliphatic hydroxyl groups excluding tert-OH is 1. The Kier molecular flexibility index (Phi) is 4.79. The average molecular weight is 274 g/mol. The Morgan fingerprint density at radius 3 is 2.90 bits per heavy atom. The van der Waals surface area contributed by atoms with Crippen LogP contribution in [0, 0.1) is 5.92 Å². The summed E-state index contributed by atoms with van der Waals surface area (Å²) in [4.78, 5) is 15.0. The molecule has 0 fully saturated rings. The maximum atomic E-state index is 11.9. The first kappa shape index (κ1) is 14.6. The second-order valence-electron chi connectivity index (χ2n) is 5.42. The SMILES string of the molecule is CC(CO)C(C)NC(=O)CCc1ccc2[nH]ccc2c1. The van der Waals surface area contributed by atoms with Crippen molar-refractivity contribution in [3.05, 3.63) is 36.0 Å². The number of fused-ring (bicyclic) bond motifs is 1. The monoisotopic (exact) mass is 274 g/mol. The minimum Gasteiger partial charge on any atom is -0.396 e. The number of carbonyl (C=O) groups is 1. The number of aryl methyl sites for hydroxylation is 1. The van der Waals surface area contributed by atoms with Crippen LogP contribution in [0.5, 0.6) is 0 Å². The zero-order valence-corrected chi connectivity index (χ0v) is 12.0. The molecule has 1 aromatic carbocycles. The van der Waals surface area contributed by atoms with Crippen LogP contribution in [0.25, 0.3) is 10.9 Å². The molecule has 1 aromatic heterocycles. The lowest BCUT2D eigenvalue weighted by molar-refractivity contribution is -0.122. The second-order valence-corrected chi connectivity index (χ2v) is 5.42. The lowest BCUT2D eigenvalue weighted by Crippen LogP contribution is -2.38. The number of amides is 1. The molecule has 1 amide bonds. The van der Waals surface area contributed by atoms with Crippen LogP contribution in [0.15, 0.2) is 30.5 Å². The molecule has 2 unspecified atom stereocenters. The summed E-state index contributed by atoms with van der Waals surface area (Å²) in [5.74, 6) is 0.113. The van der Waals surface area contributed by atoms with Gasteiger partial charge in [-0.1, -0.05) is 13.0 Å². The molecule has 0 bridgehead atoms. The predicted molar refractivity (Wildman–Crippen MR) is 80.5 cm³/mol. The van der Waals surface area contributed by atoms with Crippen LogP contribution in [0.3, 0.4) is 0 Å². The van der Waals surface area contributed by atoms with E-state index in [2.05, 4.69) is 16.4 Å². The Labute approximate surface area is 119 Å². The molecule has 0 aliphatic rings. The summed E-state index contributed by atoms with van der Waals surface area (Å²) >= 11 is 0. The van der Waals surface area contributed by atoms with Gasteiger partial charge in [0.1, 0.15) is 0 Å². The van der Waals surface area contributed by atoms with Crippen molar-refractivity contribution in [2.24, 2.45) is 5.92 Å². The normalized spacial score (nSPS) is 14.2. The average Bonchev–Trinajstić information content (AvgIpc) is 2.91. The van der Waals surface area contributed by atoms with Crippen LogP contribution in [-0.4, -0.2) is 28.6 Å². The van der Waals surface area contributed by atoms with Gasteiger partial charge >= 0.3 is 0 Å². The van der Waals surface area contributed by atoms with Gasteiger partial charge in [0.2, 0.25) is 5.91 Å². The van der Waals surface area contributed by atoms with Crippen molar-refractivity contribution in [1.82, 2.24) is 10.3 Å². The lowest BCUT2D eigenvalue weighted by atomic mass is 10.0. The van der Waals surface area contributed by atoms with Gasteiger partial charge in [-0.05, 0) is 48.4 Å². The van der Waals surface area contributed by atoms with Crippen molar-refractivity contribution in [3.63, 3.8) is 0 Å². The Morgan fingerprint density at radius 1 is 1.35 bits per heavy atom. The fourth-order valence-electron chi connectivity index (χ4n) is 2.14. The van der Waals surface area contributed by atoms with Crippen molar-refractivity contribution in [1.29, 1.82) is 0 Å². The van der Waals surface area contributed by atoms with Crippen LogP contribution in [0.1, 0.15) is 25.8 Å². The Hall–Kier alpha value is -1.81. The van der Waals surface area contributed by atoms with Crippen LogP contribution >= 0.6 is 0 Å². The molecule has 4 nitrogen and oxygen atoms in total. The van der Waals surface area contributed by atoms with Gasteiger partial charge in [-0.2, -0.15) is 0 Å². The van der Waals surface area contributed by atoms with E-state index in [1.807, 2.05) is 38.2 Å². The highest BCUT2D eigenvalue weighted by Gasteiger charge is 2.13. The molecule has 1 heterocycles. The van der Waals surface area contributed by atoms with Gasteiger partial charge in [-0.15, -0.1) is 0 Å². The van der Waals surface area contributed by atoms with Crippen molar-refractivity contribution < 1.29 is 9.90 Å². The van der Waals surface area contributed by atoms with Crippen LogP contribution < -0.4 is 5.32 Å². The quantitative estimate of drug-likeness (QED) is 0.756. The number of hydrogen-bond acceptors (Lipinski definition) is 2. The van der Waals surface area contributed by atoms with E-state index in [-0.39, 0.29) is 24.5 Å². The first-order valence-corrected chi connectivity index (χ1v) is 7.06. The van der Waals surface area contributed by atoms with Gasteiger partial charge in [-0.25, -0.2) is 0 Å². The molecule has 2 rings (SSSR count). The van der Waals surface area contributed by atoms with Gasteiger partial charge in [0.25, 0.3) is 0 Å². The maximum absolute atomic E-state index is 11.9. The summed E-state index contributed by atoms with van der Waals surface area (Å²) in [7, 11) is 0. The number of aliphatic hydroxyl groups is 1. The Balaban J connectivity index is 1.86. The summed E-state index contributed by atoms with van der Waals surface area (Å²) in [6.45, 7) is 3.93. The number of H-pyrrole nitrogens is 1. The number of aromatic amines is 1. The molecule has 2 aromatic rings. The third kappa shape index (κ3) is 3.61. The molecule has 3 N–H and O–H groups in total. The standard InChI is InChI=1S/C16H22N2O2/c1-11(10-19)12(2)18-16(20)6-4-13-3-5-15-14(9-13)7-8-17-15/h3,5,7-9,11-12,17,19H,4,6,10H2,1-2H3,(H,18,20). The number of aromatic nitrogens is 1. The van der Waals surface area contributed by atoms with E-state index in [0.717, 1.165) is 17.5 Å². The number of rotatable bonds is 6. The molecule has 0 saturated heterocycles. The van der Waals surface area contributed by atoms with Gasteiger partial charge in [0.15, 0.2) is 0 Å². The zero-order valence-electron chi connectivity index (χ0n) is 12.0. The van der Waals surface area contributed by atoms with E-state index in [4.69, 9.17) is 5.11 Å².